The minimum atomic E-state index is -2.24. The molecule has 3 aromatic heterocycles. The first kappa shape index (κ1) is 56.7. The summed E-state index contributed by atoms with van der Waals surface area (Å²) in [7, 11) is -2.56. The number of aliphatic carboxylic acids is 1. The lowest BCUT2D eigenvalue weighted by atomic mass is 9.61. The van der Waals surface area contributed by atoms with Gasteiger partial charge in [-0.1, -0.05) is 83.2 Å². The summed E-state index contributed by atoms with van der Waals surface area (Å²) in [4.78, 5) is 60.3. The van der Waals surface area contributed by atoms with Crippen molar-refractivity contribution in [3.8, 4) is 5.75 Å². The summed E-state index contributed by atoms with van der Waals surface area (Å²) < 4.78 is 21.3. The maximum atomic E-state index is 13.1. The third-order valence-electron chi connectivity index (χ3n) is 16.1. The fourth-order valence-corrected chi connectivity index (χ4v) is 14.4. The van der Waals surface area contributed by atoms with Gasteiger partial charge in [0.2, 0.25) is 17.4 Å². The first-order valence-corrected chi connectivity index (χ1v) is 34.3. The zero-order valence-corrected chi connectivity index (χ0v) is 49.4. The quantitative estimate of drug-likeness (QED) is 0.0366. The first-order valence-electron chi connectivity index (χ1n) is 25.9. The average molecular weight is 1090 g/mol. The van der Waals surface area contributed by atoms with E-state index in [2.05, 4.69) is 94.3 Å². The molecule has 1 spiro atoms. The highest BCUT2D eigenvalue weighted by Gasteiger charge is 2.54. The second kappa shape index (κ2) is 23.1. The number of likely N-dealkylation sites (tertiary alicyclic amines) is 1. The molecule has 4 N–H and O–H groups in total. The van der Waals surface area contributed by atoms with E-state index in [9.17, 15) is 24.3 Å². The molecule has 7 rings (SSSR count). The number of thiophene rings is 2. The number of thiazole rings is 1. The number of ether oxygens (including phenoxy) is 1. The van der Waals surface area contributed by atoms with Crippen molar-refractivity contribution in [3.05, 3.63) is 102 Å². The molecule has 1 saturated carbocycles. The number of aromatic nitrogens is 1. The van der Waals surface area contributed by atoms with Gasteiger partial charge in [-0.2, -0.15) is 0 Å². The molecular weight excluding hydrogens is 1010 g/mol. The number of unbranched alkanes of at least 4 members (excludes halogenated alkanes) is 1. The smallest absolute Gasteiger partial charge is 0.347 e. The molecule has 5 aromatic rings. The van der Waals surface area contributed by atoms with Gasteiger partial charge >= 0.3 is 10.8 Å². The second-order valence-electron chi connectivity index (χ2n) is 23.4. The number of benzene rings is 2. The Morgan fingerprint density at radius 2 is 1.51 bits per heavy atom. The van der Waals surface area contributed by atoms with Gasteiger partial charge in [0.25, 0.3) is 8.32 Å². The molecule has 18 heteroatoms. The van der Waals surface area contributed by atoms with E-state index in [-0.39, 0.29) is 44.4 Å². The zero-order valence-electron chi connectivity index (χ0n) is 44.9. The summed E-state index contributed by atoms with van der Waals surface area (Å²) in [6.07, 6.45) is 5.56. The van der Waals surface area contributed by atoms with Gasteiger partial charge in [0.05, 0.1) is 26.7 Å². The van der Waals surface area contributed by atoms with E-state index in [4.69, 9.17) is 13.6 Å². The minimum absolute atomic E-state index is 0.0000600. The number of rotatable bonds is 23. The number of fused-ring (bicyclic) bond motifs is 1. The van der Waals surface area contributed by atoms with Crippen molar-refractivity contribution in [1.82, 2.24) is 20.1 Å². The molecule has 4 heterocycles. The number of carbonyl (C=O) groups is 3. The van der Waals surface area contributed by atoms with Crippen molar-refractivity contribution in [2.45, 2.75) is 154 Å². The number of piperidine rings is 1. The molecule has 0 bridgehead atoms. The SMILES string of the molecule is CN(CCCCC(=O)Nc1ccc(CNC[C@H](O[Si](C)(C)C(C)(C)C)c2ccc(O[Si](C)(C)C(C)(C)C)c3[nH]c(=O)sc23)cc1)C(=O)CCN1CCC2(CC1)CC(OC(C(=O)O)(c1cccs1)c1cccs1)C2. The van der Waals surface area contributed by atoms with Crippen LogP contribution < -0.4 is 19.9 Å². The monoisotopic (exact) mass is 1090 g/mol. The first-order chi connectivity index (χ1) is 34.3. The van der Waals surface area contributed by atoms with Crippen LogP contribution in [0.3, 0.4) is 0 Å². The van der Waals surface area contributed by atoms with Crippen molar-refractivity contribution in [3.63, 3.8) is 0 Å². The summed E-state index contributed by atoms with van der Waals surface area (Å²) >= 11 is 4.05. The Morgan fingerprint density at radius 1 is 0.877 bits per heavy atom. The molecule has 2 aliphatic rings. The number of nitrogens with zero attached hydrogens (tertiary/aromatic N) is 2. The van der Waals surface area contributed by atoms with Gasteiger partial charge < -0.3 is 44.1 Å². The minimum Gasteiger partial charge on any atom is -0.542 e. The molecule has 398 valence electrons. The van der Waals surface area contributed by atoms with Crippen LogP contribution in [0.25, 0.3) is 10.2 Å². The van der Waals surface area contributed by atoms with Crippen LogP contribution in [0.15, 0.2) is 76.2 Å². The number of amides is 2. The molecular formula is C55H79N5O8S3Si2. The largest absolute Gasteiger partial charge is 0.542 e. The molecule has 13 nitrogen and oxygen atoms in total. The molecule has 0 radical (unpaired) electrons. The van der Waals surface area contributed by atoms with Gasteiger partial charge in [-0.05, 0) is 140 Å². The van der Waals surface area contributed by atoms with Crippen LogP contribution in [-0.2, 0) is 35.7 Å². The van der Waals surface area contributed by atoms with Crippen LogP contribution in [-0.4, -0.2) is 100 Å². The molecule has 1 aliphatic carbocycles. The Hall–Kier alpha value is -3.99. The Morgan fingerprint density at radius 3 is 2.08 bits per heavy atom. The van der Waals surface area contributed by atoms with Gasteiger partial charge in [-0.3, -0.25) is 14.4 Å². The molecule has 0 unspecified atom stereocenters. The highest BCUT2D eigenvalue weighted by molar-refractivity contribution is 7.16. The number of hydrogen-bond donors (Lipinski definition) is 4. The predicted octanol–water partition coefficient (Wildman–Crippen LogP) is 12.2. The third kappa shape index (κ3) is 13.5. The van der Waals surface area contributed by atoms with Crippen LogP contribution >= 0.6 is 34.0 Å². The van der Waals surface area contributed by atoms with Crippen LogP contribution in [0.1, 0.15) is 120 Å². The highest BCUT2D eigenvalue weighted by Crippen LogP contribution is 2.54. The zero-order chi connectivity index (χ0) is 53.0. The van der Waals surface area contributed by atoms with Crippen LogP contribution in [0.2, 0.25) is 36.3 Å². The number of carboxylic acid groups (broad SMARTS) is 1. The van der Waals surface area contributed by atoms with E-state index >= 15 is 0 Å². The number of aromatic amines is 1. The number of carbonyl (C=O) groups excluding carboxylic acids is 2. The number of anilines is 1. The van der Waals surface area contributed by atoms with Gasteiger partial charge in [0.15, 0.2) is 8.32 Å². The number of hydrogen-bond acceptors (Lipinski definition) is 12. The molecule has 1 saturated heterocycles. The summed E-state index contributed by atoms with van der Waals surface area (Å²) in [5, 5.41) is 21.0. The summed E-state index contributed by atoms with van der Waals surface area (Å²) in [5.41, 5.74) is 2.20. The third-order valence-corrected chi connectivity index (χ3v) is 27.8. The van der Waals surface area contributed by atoms with Gasteiger partial charge in [-0.25, -0.2) is 4.79 Å². The number of carboxylic acids is 1. The van der Waals surface area contributed by atoms with Gasteiger partial charge in [0, 0.05) is 57.3 Å². The van der Waals surface area contributed by atoms with E-state index in [0.717, 1.165) is 78.0 Å². The summed E-state index contributed by atoms with van der Waals surface area (Å²) in [5.74, 6) is -0.197. The molecule has 1 atom stereocenters. The topological polar surface area (TPSA) is 163 Å². The molecule has 1 aliphatic heterocycles. The molecule has 2 aromatic carbocycles. The van der Waals surface area contributed by atoms with Crippen LogP contribution in [0, 0.1) is 5.41 Å². The van der Waals surface area contributed by atoms with Gasteiger partial charge in [-0.15, -0.1) is 22.7 Å². The van der Waals surface area contributed by atoms with Crippen molar-refractivity contribution >= 4 is 84.3 Å². The van der Waals surface area contributed by atoms with Crippen LogP contribution in [0.5, 0.6) is 5.75 Å². The Labute approximate surface area is 446 Å². The standard InChI is InChI=1S/C55H79N5O8S3Si2/c1-52(2,3)72(8,9)67-42-24-23-41(49-48(42)58-51(65)71-49)43(68-73(10,11)53(4,5)6)37-56-36-38-19-21-39(22-20-38)57-46(61)18-12-13-28-59(7)47(62)25-29-60-30-26-54(27-31-60)34-40(35-54)66-55(50(63)64,44-16-14-32-69-44)45-17-15-33-70-45/h14-17,19-24,32-33,40,43,56H,12-13,18,25-31,34-37H2,1-11H3,(H,57,61)(H,58,65)(H,63,64)/t43-/m0/s1. The van der Waals surface area contributed by atoms with Crippen LogP contribution in [0.4, 0.5) is 5.69 Å². The van der Waals surface area contributed by atoms with E-state index in [1.165, 1.54) is 34.0 Å². The van der Waals surface area contributed by atoms with Crippen molar-refractivity contribution < 1.29 is 33.1 Å². The maximum Gasteiger partial charge on any atom is 0.347 e. The fourth-order valence-electron chi connectivity index (χ4n) is 9.38. The van der Waals surface area contributed by atoms with E-state index < -0.39 is 28.2 Å². The lowest BCUT2D eigenvalue weighted by Gasteiger charge is -2.53. The van der Waals surface area contributed by atoms with E-state index in [1.807, 2.05) is 72.4 Å². The number of nitrogens with one attached hydrogen (secondary N) is 3. The fraction of sp³-hybridized carbons (Fsp3) is 0.564. The Balaban J connectivity index is 0.813. The predicted molar refractivity (Wildman–Crippen MR) is 303 cm³/mol. The lowest BCUT2D eigenvalue weighted by Crippen LogP contribution is -2.53. The molecule has 73 heavy (non-hydrogen) atoms. The van der Waals surface area contributed by atoms with Crippen molar-refractivity contribution in [2.24, 2.45) is 5.41 Å². The van der Waals surface area contributed by atoms with E-state index in [0.29, 0.717) is 55.2 Å². The number of H-pyrrole nitrogens is 1. The molecule has 2 fully saturated rings. The normalized spacial score (nSPS) is 16.4. The maximum absolute atomic E-state index is 13.1. The molecule has 2 amide bonds. The summed E-state index contributed by atoms with van der Waals surface area (Å²) in [6, 6.07) is 19.4. The van der Waals surface area contributed by atoms with Crippen molar-refractivity contribution in [1.29, 1.82) is 0 Å². The average Bonchev–Trinajstić information content (AvgIpc) is 4.12. The Kier molecular flexibility index (Phi) is 17.9. The summed E-state index contributed by atoms with van der Waals surface area (Å²) in [6.45, 7) is 26.5. The second-order valence-corrected chi connectivity index (χ2v) is 35.8. The lowest BCUT2D eigenvalue weighted by molar-refractivity contribution is -0.190. The van der Waals surface area contributed by atoms with Crippen molar-refractivity contribution in [2.75, 3.05) is 45.1 Å². The van der Waals surface area contributed by atoms with E-state index in [1.54, 1.807) is 4.90 Å². The highest BCUT2D eigenvalue weighted by atomic mass is 32.1. The van der Waals surface area contributed by atoms with Gasteiger partial charge in [0.1, 0.15) is 11.3 Å². The Bertz CT molecular complexity index is 2660.